The van der Waals surface area contributed by atoms with Gasteiger partial charge in [0, 0.05) is 15.8 Å². The van der Waals surface area contributed by atoms with Crippen molar-refractivity contribution < 1.29 is 0 Å². The number of rotatable bonds is 2. The molecule has 0 fully saturated rings. The van der Waals surface area contributed by atoms with Gasteiger partial charge in [-0.15, -0.1) is 0 Å². The van der Waals surface area contributed by atoms with Crippen LogP contribution in [-0.4, -0.2) is 5.11 Å². The highest BCUT2D eigenvalue weighted by atomic mass is 79.9. The van der Waals surface area contributed by atoms with E-state index in [1.807, 2.05) is 25.1 Å². The first kappa shape index (κ1) is 15.0. The van der Waals surface area contributed by atoms with E-state index in [1.165, 1.54) is 11.1 Å². The van der Waals surface area contributed by atoms with Crippen LogP contribution in [0.1, 0.15) is 16.7 Å². The van der Waals surface area contributed by atoms with Gasteiger partial charge in [-0.2, -0.15) is 0 Å². The largest absolute Gasteiger partial charge is 0.332 e. The maximum atomic E-state index is 5.37. The van der Waals surface area contributed by atoms with Crippen LogP contribution in [0.4, 0.5) is 11.4 Å². The van der Waals surface area contributed by atoms with Crippen LogP contribution >= 0.6 is 28.1 Å². The molecular formula is C16H17BrN2S. The Kier molecular flexibility index (Phi) is 4.78. The minimum atomic E-state index is 0.599. The predicted octanol–water partition coefficient (Wildman–Crippen LogP) is 5.18. The van der Waals surface area contributed by atoms with E-state index >= 15 is 0 Å². The summed E-state index contributed by atoms with van der Waals surface area (Å²) in [7, 11) is 0. The van der Waals surface area contributed by atoms with Gasteiger partial charge in [0.2, 0.25) is 0 Å². The number of nitrogens with one attached hydrogen (secondary N) is 2. The Morgan fingerprint density at radius 1 is 0.900 bits per heavy atom. The zero-order chi connectivity index (χ0) is 14.7. The molecule has 20 heavy (non-hydrogen) atoms. The number of halogens is 1. The van der Waals surface area contributed by atoms with Crippen molar-refractivity contribution in [1.29, 1.82) is 0 Å². The fourth-order valence-corrected chi connectivity index (χ4v) is 2.69. The molecule has 0 spiro atoms. The summed E-state index contributed by atoms with van der Waals surface area (Å²) < 4.78 is 1.06. The Hall–Kier alpha value is -1.39. The van der Waals surface area contributed by atoms with Crippen molar-refractivity contribution in [2.75, 3.05) is 10.6 Å². The first-order valence-corrected chi connectivity index (χ1v) is 7.57. The summed E-state index contributed by atoms with van der Waals surface area (Å²) in [4.78, 5) is 0. The fourth-order valence-electron chi connectivity index (χ4n) is 2.00. The first-order valence-electron chi connectivity index (χ1n) is 6.37. The second-order valence-electron chi connectivity index (χ2n) is 4.86. The van der Waals surface area contributed by atoms with Gasteiger partial charge in [0.05, 0.1) is 0 Å². The molecule has 2 aromatic rings. The van der Waals surface area contributed by atoms with E-state index in [9.17, 15) is 0 Å². The molecule has 0 bridgehead atoms. The summed E-state index contributed by atoms with van der Waals surface area (Å²) >= 11 is 8.83. The number of hydrogen-bond donors (Lipinski definition) is 2. The summed E-state index contributed by atoms with van der Waals surface area (Å²) in [6, 6.07) is 12.3. The smallest absolute Gasteiger partial charge is 0.175 e. The van der Waals surface area contributed by atoms with E-state index in [0.29, 0.717) is 5.11 Å². The molecular weight excluding hydrogens is 332 g/mol. The van der Waals surface area contributed by atoms with E-state index in [1.54, 1.807) is 0 Å². The molecule has 0 unspecified atom stereocenters. The third kappa shape index (κ3) is 3.81. The second kappa shape index (κ2) is 6.37. The number of hydrogen-bond acceptors (Lipinski definition) is 1. The van der Waals surface area contributed by atoms with E-state index < -0.39 is 0 Å². The molecule has 0 aliphatic heterocycles. The standard InChI is InChI=1S/C16H17BrN2S/c1-10-4-6-14(11(2)8-10)18-16(20)19-15-7-5-13(17)9-12(15)3/h4-9H,1-3H3,(H2,18,19,20). The molecule has 2 aromatic carbocycles. The van der Waals surface area contributed by atoms with Gasteiger partial charge in [0.25, 0.3) is 0 Å². The number of aryl methyl sites for hydroxylation is 3. The minimum Gasteiger partial charge on any atom is -0.332 e. The molecule has 0 radical (unpaired) electrons. The lowest BCUT2D eigenvalue weighted by Crippen LogP contribution is -2.20. The van der Waals surface area contributed by atoms with Crippen molar-refractivity contribution in [2.45, 2.75) is 20.8 Å². The van der Waals surface area contributed by atoms with Crippen molar-refractivity contribution in [3.63, 3.8) is 0 Å². The highest BCUT2D eigenvalue weighted by Crippen LogP contribution is 2.21. The van der Waals surface area contributed by atoms with Crippen LogP contribution in [0, 0.1) is 20.8 Å². The molecule has 0 saturated carbocycles. The highest BCUT2D eigenvalue weighted by Gasteiger charge is 2.04. The van der Waals surface area contributed by atoms with Crippen LogP contribution in [-0.2, 0) is 0 Å². The van der Waals surface area contributed by atoms with Gasteiger partial charge in [-0.25, -0.2) is 0 Å². The molecule has 2 N–H and O–H groups in total. The van der Waals surface area contributed by atoms with Gasteiger partial charge >= 0.3 is 0 Å². The van der Waals surface area contributed by atoms with Gasteiger partial charge in [-0.3, -0.25) is 0 Å². The Morgan fingerprint density at radius 3 is 2.00 bits per heavy atom. The van der Waals surface area contributed by atoms with Crippen LogP contribution in [0.2, 0.25) is 0 Å². The van der Waals surface area contributed by atoms with Crippen LogP contribution in [0.15, 0.2) is 40.9 Å². The molecule has 0 aromatic heterocycles. The lowest BCUT2D eigenvalue weighted by atomic mass is 10.1. The summed E-state index contributed by atoms with van der Waals surface area (Å²) in [6.07, 6.45) is 0. The van der Waals surface area contributed by atoms with Gasteiger partial charge in [-0.1, -0.05) is 33.6 Å². The van der Waals surface area contributed by atoms with Gasteiger partial charge < -0.3 is 10.6 Å². The summed E-state index contributed by atoms with van der Waals surface area (Å²) in [5.74, 6) is 0. The lowest BCUT2D eigenvalue weighted by Gasteiger charge is -2.14. The van der Waals surface area contributed by atoms with E-state index in [4.69, 9.17) is 12.2 Å². The second-order valence-corrected chi connectivity index (χ2v) is 6.18. The van der Waals surface area contributed by atoms with Gasteiger partial charge in [0.15, 0.2) is 5.11 Å². The Morgan fingerprint density at radius 2 is 1.45 bits per heavy atom. The number of thiocarbonyl (C=S) groups is 1. The molecule has 0 saturated heterocycles. The predicted molar refractivity (Wildman–Crippen MR) is 94.6 cm³/mol. The van der Waals surface area contributed by atoms with Crippen molar-refractivity contribution in [3.05, 3.63) is 57.6 Å². The van der Waals surface area contributed by atoms with Crippen molar-refractivity contribution in [3.8, 4) is 0 Å². The zero-order valence-electron chi connectivity index (χ0n) is 11.8. The van der Waals surface area contributed by atoms with E-state index in [2.05, 4.69) is 58.6 Å². The highest BCUT2D eigenvalue weighted by molar-refractivity contribution is 9.10. The van der Waals surface area contributed by atoms with Crippen LogP contribution in [0.3, 0.4) is 0 Å². The van der Waals surface area contributed by atoms with Crippen LogP contribution in [0.5, 0.6) is 0 Å². The molecule has 4 heteroatoms. The Balaban J connectivity index is 2.09. The SMILES string of the molecule is Cc1ccc(NC(=S)Nc2ccc(Br)cc2C)c(C)c1. The molecule has 0 heterocycles. The first-order chi connectivity index (χ1) is 9.45. The average Bonchev–Trinajstić information content (AvgIpc) is 2.36. The van der Waals surface area contributed by atoms with Gasteiger partial charge in [-0.05, 0) is 68.4 Å². The maximum Gasteiger partial charge on any atom is 0.175 e. The quantitative estimate of drug-likeness (QED) is 0.730. The summed E-state index contributed by atoms with van der Waals surface area (Å²) in [6.45, 7) is 6.20. The van der Waals surface area contributed by atoms with Crippen LogP contribution < -0.4 is 10.6 Å². The maximum absolute atomic E-state index is 5.37. The lowest BCUT2D eigenvalue weighted by molar-refractivity contribution is 1.38. The monoisotopic (exact) mass is 348 g/mol. The van der Waals surface area contributed by atoms with E-state index in [-0.39, 0.29) is 0 Å². The molecule has 0 aliphatic rings. The average molecular weight is 349 g/mol. The Bertz CT molecular complexity index is 597. The van der Waals surface area contributed by atoms with Crippen molar-refractivity contribution in [2.24, 2.45) is 0 Å². The molecule has 0 atom stereocenters. The van der Waals surface area contributed by atoms with Crippen LogP contribution in [0.25, 0.3) is 0 Å². The zero-order valence-corrected chi connectivity index (χ0v) is 14.2. The molecule has 104 valence electrons. The molecule has 0 amide bonds. The van der Waals surface area contributed by atoms with E-state index in [0.717, 1.165) is 21.4 Å². The summed E-state index contributed by atoms with van der Waals surface area (Å²) in [5, 5.41) is 7.06. The third-order valence-corrected chi connectivity index (χ3v) is 3.76. The summed E-state index contributed by atoms with van der Waals surface area (Å²) in [5.41, 5.74) is 5.61. The minimum absolute atomic E-state index is 0.599. The Labute approximate surface area is 133 Å². The normalized spacial score (nSPS) is 10.2. The van der Waals surface area contributed by atoms with Crippen molar-refractivity contribution in [1.82, 2.24) is 0 Å². The molecule has 0 aliphatic carbocycles. The molecule has 2 nitrogen and oxygen atoms in total. The fraction of sp³-hybridized carbons (Fsp3) is 0.188. The van der Waals surface area contributed by atoms with Crippen molar-refractivity contribution >= 4 is 44.6 Å². The third-order valence-electron chi connectivity index (χ3n) is 3.07. The topological polar surface area (TPSA) is 24.1 Å². The van der Waals surface area contributed by atoms with Gasteiger partial charge in [0.1, 0.15) is 0 Å². The number of benzene rings is 2. The number of anilines is 2. The molecule has 2 rings (SSSR count).